The van der Waals surface area contributed by atoms with Crippen molar-refractivity contribution in [2.75, 3.05) is 9.80 Å². The zero-order chi connectivity index (χ0) is 44.4. The van der Waals surface area contributed by atoms with Crippen LogP contribution < -0.4 is 9.80 Å². The molecule has 13 rings (SSSR count). The van der Waals surface area contributed by atoms with E-state index in [9.17, 15) is 0 Å². The quantitative estimate of drug-likeness (QED) is 0.167. The predicted octanol–water partition coefficient (Wildman–Crippen LogP) is 14.7. The highest BCUT2D eigenvalue weighted by Crippen LogP contribution is 2.58. The number of hydrogen-bond donors (Lipinski definition) is 0. The van der Waals surface area contributed by atoms with Crippen LogP contribution in [0.4, 0.5) is 28.4 Å². The molecule has 3 aliphatic rings. The average Bonchev–Trinajstić information content (AvgIpc) is 3.87. The first-order valence-corrected chi connectivity index (χ1v) is 22.8. The van der Waals surface area contributed by atoms with Gasteiger partial charge in [-0.15, -0.1) is 0 Å². The molecular formula is C60H45N5O. The summed E-state index contributed by atoms with van der Waals surface area (Å²) in [5, 5.41) is 2.20. The van der Waals surface area contributed by atoms with Crippen molar-refractivity contribution in [2.24, 2.45) is 4.99 Å². The summed E-state index contributed by atoms with van der Waals surface area (Å²) in [7, 11) is 0. The topological polar surface area (TPSA) is 57.8 Å². The molecule has 0 unspecified atom stereocenters. The summed E-state index contributed by atoms with van der Waals surface area (Å²) in [6, 6.07) is 70.3. The van der Waals surface area contributed by atoms with E-state index in [0.29, 0.717) is 0 Å². The number of aromatic nitrogens is 2. The Bertz CT molecular complexity index is 3570. The van der Waals surface area contributed by atoms with Crippen LogP contribution in [0.3, 0.4) is 0 Å². The Morgan fingerprint density at radius 3 is 1.85 bits per heavy atom. The molecule has 0 bridgehead atoms. The molecule has 0 N–H and O–H groups in total. The third-order valence-electron chi connectivity index (χ3n) is 14.3. The molecule has 0 saturated heterocycles. The van der Waals surface area contributed by atoms with Crippen LogP contribution in [-0.2, 0) is 16.4 Å². The number of hydrogen-bond acceptors (Lipinski definition) is 6. The summed E-state index contributed by atoms with van der Waals surface area (Å²) < 4.78 is 6.55. The van der Waals surface area contributed by atoms with Crippen molar-refractivity contribution in [1.82, 2.24) is 9.97 Å². The second-order valence-corrected chi connectivity index (χ2v) is 18.8. The largest absolute Gasteiger partial charge is 0.456 e. The summed E-state index contributed by atoms with van der Waals surface area (Å²) in [5.74, 6) is 0.874. The van der Waals surface area contributed by atoms with Crippen LogP contribution in [0.5, 0.6) is 0 Å². The van der Waals surface area contributed by atoms with Crippen molar-refractivity contribution in [1.29, 1.82) is 0 Å². The number of benzene rings is 8. The molecule has 316 valence electrons. The van der Waals surface area contributed by atoms with Gasteiger partial charge >= 0.3 is 0 Å². The van der Waals surface area contributed by atoms with E-state index in [1.165, 1.54) is 38.9 Å². The lowest BCUT2D eigenvalue weighted by atomic mass is 9.67. The highest BCUT2D eigenvalue weighted by molar-refractivity contribution is 6.17. The van der Waals surface area contributed by atoms with E-state index >= 15 is 0 Å². The number of furan rings is 1. The summed E-state index contributed by atoms with van der Waals surface area (Å²) in [4.78, 5) is 20.0. The smallest absolute Gasteiger partial charge is 0.141 e. The van der Waals surface area contributed by atoms with Crippen molar-refractivity contribution in [3.05, 3.63) is 245 Å². The number of fused-ring (bicyclic) bond motifs is 8. The van der Waals surface area contributed by atoms with Crippen LogP contribution in [0.1, 0.15) is 72.5 Å². The minimum atomic E-state index is -0.583. The molecule has 0 spiro atoms. The summed E-state index contributed by atoms with van der Waals surface area (Å²) in [6.07, 6.45) is 1.71. The molecule has 10 aromatic rings. The summed E-state index contributed by atoms with van der Waals surface area (Å²) in [6.45, 7) is 8.83. The van der Waals surface area contributed by atoms with Crippen molar-refractivity contribution in [3.63, 3.8) is 0 Å². The van der Waals surface area contributed by atoms with Gasteiger partial charge in [0.05, 0.1) is 28.2 Å². The van der Waals surface area contributed by atoms with Crippen LogP contribution in [0, 0.1) is 0 Å². The molecule has 1 aliphatic carbocycles. The maximum atomic E-state index is 6.55. The van der Waals surface area contributed by atoms with Gasteiger partial charge in [-0.25, -0.2) is 9.97 Å². The molecule has 0 amide bonds. The minimum absolute atomic E-state index is 0.320. The highest BCUT2D eigenvalue weighted by atomic mass is 16.3. The van der Waals surface area contributed by atoms with E-state index < -0.39 is 11.0 Å². The molecule has 0 atom stereocenters. The lowest BCUT2D eigenvalue weighted by Crippen LogP contribution is -2.44. The monoisotopic (exact) mass is 851 g/mol. The third kappa shape index (κ3) is 5.33. The van der Waals surface area contributed by atoms with Crippen molar-refractivity contribution in [2.45, 2.75) is 44.1 Å². The number of amidine groups is 1. The fourth-order valence-corrected chi connectivity index (χ4v) is 11.4. The first-order valence-electron chi connectivity index (χ1n) is 22.8. The summed E-state index contributed by atoms with van der Waals surface area (Å²) in [5.41, 5.74) is 17.1. The van der Waals surface area contributed by atoms with E-state index in [0.717, 1.165) is 73.2 Å². The number of nitrogens with zero attached hydrogens (tertiary/aromatic N) is 5. The van der Waals surface area contributed by atoms with E-state index in [4.69, 9.17) is 19.4 Å². The maximum Gasteiger partial charge on any atom is 0.141 e. The second kappa shape index (κ2) is 14.0. The van der Waals surface area contributed by atoms with Gasteiger partial charge in [0.1, 0.15) is 28.9 Å². The standard InChI is InChI=1S/C60H45N5O/c1-58(2)49-24-14-15-25-51(49)65-54-55(58)61-37-62-56(54)59(3,4)63-57(65)38-27-29-41(30-28-38)64(43-32-34-47-46-22-12-16-26-52(46)66-53(47)36-43)42-31-33-45-44-21-11-13-23-48(44)60(50(45)35-42,39-17-7-5-8-18-39)40-19-9-6-10-20-40/h5-37H,1-4H3. The van der Waals surface area contributed by atoms with E-state index in [1.54, 1.807) is 6.33 Å². The number of rotatable bonds is 6. The Labute approximate surface area is 384 Å². The molecule has 2 aliphatic heterocycles. The Morgan fingerprint density at radius 2 is 1.08 bits per heavy atom. The molecule has 6 nitrogen and oxygen atoms in total. The minimum Gasteiger partial charge on any atom is -0.456 e. The zero-order valence-electron chi connectivity index (χ0n) is 37.2. The van der Waals surface area contributed by atoms with Crippen molar-refractivity contribution in [3.8, 4) is 11.1 Å². The van der Waals surface area contributed by atoms with Crippen LogP contribution in [-0.4, -0.2) is 15.8 Å². The van der Waals surface area contributed by atoms with E-state index in [2.05, 4.69) is 219 Å². The number of para-hydroxylation sites is 2. The fraction of sp³-hybridized carbons (Fsp3) is 0.117. The Morgan fingerprint density at radius 1 is 0.485 bits per heavy atom. The zero-order valence-corrected chi connectivity index (χ0v) is 37.2. The van der Waals surface area contributed by atoms with Gasteiger partial charge in [0.2, 0.25) is 0 Å². The number of aliphatic imine (C=N–C) groups is 1. The molecule has 0 saturated carbocycles. The van der Waals surface area contributed by atoms with Gasteiger partial charge in [0.25, 0.3) is 0 Å². The van der Waals surface area contributed by atoms with Crippen LogP contribution in [0.15, 0.2) is 210 Å². The van der Waals surface area contributed by atoms with E-state index in [1.807, 2.05) is 12.1 Å². The second-order valence-electron chi connectivity index (χ2n) is 18.8. The highest BCUT2D eigenvalue weighted by Gasteiger charge is 2.48. The SMILES string of the molecule is CC1(C)N=C(c2ccc(N(c3ccc4c(c3)C(c3ccccc3)(c3ccccc3)c3ccccc3-4)c3ccc4c(c3)oc3ccccc34)cc2)N2c3ccccc3C(C)(C)c3ncnc1c32. The van der Waals surface area contributed by atoms with E-state index in [-0.39, 0.29) is 5.41 Å². The van der Waals surface area contributed by atoms with Gasteiger partial charge in [-0.2, -0.15) is 0 Å². The van der Waals surface area contributed by atoms with Crippen molar-refractivity contribution < 1.29 is 4.42 Å². The normalized spacial score (nSPS) is 15.7. The molecule has 4 heterocycles. The number of anilines is 5. The molecule has 2 aromatic heterocycles. The molecule has 6 heteroatoms. The van der Waals surface area contributed by atoms with Gasteiger partial charge in [-0.3, -0.25) is 9.89 Å². The molecule has 0 fully saturated rings. The molecule has 66 heavy (non-hydrogen) atoms. The maximum absolute atomic E-state index is 6.55. The van der Waals surface area contributed by atoms with Gasteiger partial charge in [-0.05, 0) is 127 Å². The third-order valence-corrected chi connectivity index (χ3v) is 14.3. The Hall–Kier alpha value is -8.09. The lowest BCUT2D eigenvalue weighted by molar-refractivity contribution is 0.516. The van der Waals surface area contributed by atoms with Gasteiger partial charge in [-0.1, -0.05) is 127 Å². The first-order chi connectivity index (χ1) is 32.2. The van der Waals surface area contributed by atoms with Gasteiger partial charge in [0, 0.05) is 44.9 Å². The molecule has 0 radical (unpaired) electrons. The predicted molar refractivity (Wildman–Crippen MR) is 268 cm³/mol. The Kier molecular flexibility index (Phi) is 8.11. The van der Waals surface area contributed by atoms with Gasteiger partial charge in [0.15, 0.2) is 0 Å². The Balaban J connectivity index is 1.01. The van der Waals surface area contributed by atoms with Gasteiger partial charge < -0.3 is 9.32 Å². The fourth-order valence-electron chi connectivity index (χ4n) is 11.4. The molecule has 8 aromatic carbocycles. The first kappa shape index (κ1) is 38.4. The van der Waals surface area contributed by atoms with Crippen LogP contribution in [0.2, 0.25) is 0 Å². The molecular weight excluding hydrogens is 807 g/mol. The summed E-state index contributed by atoms with van der Waals surface area (Å²) >= 11 is 0. The lowest BCUT2D eigenvalue weighted by Gasteiger charge is -2.46. The van der Waals surface area contributed by atoms with Crippen LogP contribution in [0.25, 0.3) is 33.1 Å². The van der Waals surface area contributed by atoms with Crippen LogP contribution >= 0.6 is 0 Å². The van der Waals surface area contributed by atoms with Crippen molar-refractivity contribution >= 4 is 56.2 Å². The average molecular weight is 852 g/mol.